The van der Waals surface area contributed by atoms with E-state index in [9.17, 15) is 0 Å². The third-order valence-electron chi connectivity index (χ3n) is 0.707. The lowest BCUT2D eigenvalue weighted by molar-refractivity contribution is 0.216. The average molecular weight is 167 g/mol. The molecule has 11 heavy (non-hydrogen) atoms. The van der Waals surface area contributed by atoms with Crippen LogP contribution in [0.4, 0.5) is 0 Å². The molecule has 0 aromatic carbocycles. The standard InChI is InChI=1S/C5H12.C3H8O.H3N.H2O/c1-3-5-4-2;1-3(2)4;;/h3-5H2,1-2H3;3-4H,1-2H3;1H3;1H2. The van der Waals surface area contributed by atoms with Gasteiger partial charge in [0, 0.05) is 6.10 Å². The van der Waals surface area contributed by atoms with Crippen LogP contribution in [0.1, 0.15) is 47.0 Å². The van der Waals surface area contributed by atoms with Gasteiger partial charge in [0.2, 0.25) is 0 Å². The van der Waals surface area contributed by atoms with Gasteiger partial charge < -0.3 is 16.7 Å². The Hall–Kier alpha value is -0.120. The Morgan fingerprint density at radius 3 is 1.27 bits per heavy atom. The first-order valence-corrected chi connectivity index (χ1v) is 3.83. The Balaban J connectivity index is -0.0000000383. The summed E-state index contributed by atoms with van der Waals surface area (Å²) in [6, 6.07) is 0. The van der Waals surface area contributed by atoms with Crippen molar-refractivity contribution in [3.63, 3.8) is 0 Å². The van der Waals surface area contributed by atoms with Crippen molar-refractivity contribution in [3.8, 4) is 0 Å². The molecule has 74 valence electrons. The SMILES string of the molecule is CC(C)O.CCCCC.N.O. The summed E-state index contributed by atoms with van der Waals surface area (Å²) in [5, 5.41) is 8.06. The number of unbranched alkanes of at least 4 members (excludes halogenated alkanes) is 2. The summed E-state index contributed by atoms with van der Waals surface area (Å²) in [5.41, 5.74) is 0. The minimum Gasteiger partial charge on any atom is -0.412 e. The number of aliphatic hydroxyl groups is 1. The molecule has 3 nitrogen and oxygen atoms in total. The summed E-state index contributed by atoms with van der Waals surface area (Å²) in [5.74, 6) is 0. The minimum atomic E-state index is -0.167. The Kier molecular flexibility index (Phi) is 46.0. The number of rotatable bonds is 2. The summed E-state index contributed by atoms with van der Waals surface area (Å²) in [4.78, 5) is 0. The van der Waals surface area contributed by atoms with Crippen LogP contribution in [-0.2, 0) is 0 Å². The molecule has 0 aliphatic rings. The summed E-state index contributed by atoms with van der Waals surface area (Å²) in [6.45, 7) is 7.87. The van der Waals surface area contributed by atoms with E-state index in [4.69, 9.17) is 5.11 Å². The second kappa shape index (κ2) is 22.5. The van der Waals surface area contributed by atoms with Gasteiger partial charge in [-0.3, -0.25) is 0 Å². The van der Waals surface area contributed by atoms with Crippen LogP contribution >= 0.6 is 0 Å². The fourth-order valence-corrected chi connectivity index (χ4v) is 0.354. The number of hydrogen-bond acceptors (Lipinski definition) is 2. The van der Waals surface area contributed by atoms with Crippen molar-refractivity contribution in [2.45, 2.75) is 53.1 Å². The monoisotopic (exact) mass is 167 g/mol. The van der Waals surface area contributed by atoms with Gasteiger partial charge in [-0.25, -0.2) is 0 Å². The molecule has 0 atom stereocenters. The fraction of sp³-hybridized carbons (Fsp3) is 1.00. The summed E-state index contributed by atoms with van der Waals surface area (Å²) < 4.78 is 0. The topological polar surface area (TPSA) is 86.7 Å². The van der Waals surface area contributed by atoms with Gasteiger partial charge in [-0.1, -0.05) is 33.1 Å². The molecule has 0 aromatic rings. The van der Waals surface area contributed by atoms with Gasteiger partial charge >= 0.3 is 0 Å². The first-order valence-electron chi connectivity index (χ1n) is 3.83. The van der Waals surface area contributed by atoms with E-state index in [1.807, 2.05) is 0 Å². The molecule has 0 unspecified atom stereocenters. The second-order valence-corrected chi connectivity index (χ2v) is 2.45. The Morgan fingerprint density at radius 1 is 1.09 bits per heavy atom. The van der Waals surface area contributed by atoms with Crippen molar-refractivity contribution < 1.29 is 10.6 Å². The lowest BCUT2D eigenvalue weighted by Crippen LogP contribution is -1.85. The van der Waals surface area contributed by atoms with Crippen LogP contribution in [0.2, 0.25) is 0 Å². The molecule has 0 aliphatic heterocycles. The lowest BCUT2D eigenvalue weighted by Gasteiger charge is -1.80. The molecular formula is C8H25NO2. The predicted octanol–water partition coefficient (Wildman–Crippen LogP) is 1.92. The van der Waals surface area contributed by atoms with Crippen molar-refractivity contribution in [1.29, 1.82) is 0 Å². The second-order valence-electron chi connectivity index (χ2n) is 2.45. The first-order chi connectivity index (χ1) is 4.15. The van der Waals surface area contributed by atoms with E-state index in [1.165, 1.54) is 19.3 Å². The van der Waals surface area contributed by atoms with E-state index in [0.29, 0.717) is 0 Å². The van der Waals surface area contributed by atoms with Crippen LogP contribution < -0.4 is 6.15 Å². The molecular weight excluding hydrogens is 142 g/mol. The largest absolute Gasteiger partial charge is 0.412 e. The normalized spacial score (nSPS) is 7.09. The molecule has 0 rings (SSSR count). The highest BCUT2D eigenvalue weighted by atomic mass is 16.3. The molecule has 0 saturated heterocycles. The van der Waals surface area contributed by atoms with E-state index in [-0.39, 0.29) is 17.7 Å². The molecule has 0 fully saturated rings. The van der Waals surface area contributed by atoms with Crippen LogP contribution in [-0.4, -0.2) is 16.7 Å². The molecule has 0 spiro atoms. The summed E-state index contributed by atoms with van der Waals surface area (Å²) in [6.07, 6.45) is 3.91. The maximum absolute atomic E-state index is 8.06. The Bertz CT molecular complexity index is 36.3. The van der Waals surface area contributed by atoms with Gasteiger partial charge in [-0.15, -0.1) is 0 Å². The third kappa shape index (κ3) is 174. The highest BCUT2D eigenvalue weighted by Crippen LogP contribution is 1.88. The van der Waals surface area contributed by atoms with E-state index in [2.05, 4.69) is 13.8 Å². The summed E-state index contributed by atoms with van der Waals surface area (Å²) >= 11 is 0. The Labute approximate surface area is 70.7 Å². The predicted molar refractivity (Wildman–Crippen MR) is 51.2 cm³/mol. The van der Waals surface area contributed by atoms with Crippen molar-refractivity contribution in [1.82, 2.24) is 6.15 Å². The fourth-order valence-electron chi connectivity index (χ4n) is 0.354. The molecule has 0 amide bonds. The molecule has 0 heterocycles. The summed E-state index contributed by atoms with van der Waals surface area (Å²) in [7, 11) is 0. The van der Waals surface area contributed by atoms with Crippen LogP contribution in [0.3, 0.4) is 0 Å². The molecule has 0 saturated carbocycles. The maximum Gasteiger partial charge on any atom is 0.0483 e. The smallest absolute Gasteiger partial charge is 0.0483 e. The van der Waals surface area contributed by atoms with Crippen molar-refractivity contribution in [2.24, 2.45) is 0 Å². The molecule has 0 bridgehead atoms. The van der Waals surface area contributed by atoms with E-state index < -0.39 is 0 Å². The van der Waals surface area contributed by atoms with E-state index in [1.54, 1.807) is 13.8 Å². The van der Waals surface area contributed by atoms with Gasteiger partial charge in [0.25, 0.3) is 0 Å². The molecule has 6 N–H and O–H groups in total. The minimum absolute atomic E-state index is 0. The van der Waals surface area contributed by atoms with Gasteiger partial charge in [0.05, 0.1) is 0 Å². The Morgan fingerprint density at radius 2 is 1.27 bits per heavy atom. The maximum atomic E-state index is 8.06. The zero-order valence-electron chi connectivity index (χ0n) is 8.35. The third-order valence-corrected chi connectivity index (χ3v) is 0.707. The van der Waals surface area contributed by atoms with Gasteiger partial charge in [0.15, 0.2) is 0 Å². The quantitative estimate of drug-likeness (QED) is 0.658. The molecule has 3 heteroatoms. The average Bonchev–Trinajstić information content (AvgIpc) is 1.66. The van der Waals surface area contributed by atoms with E-state index in [0.717, 1.165) is 0 Å². The van der Waals surface area contributed by atoms with Gasteiger partial charge in [-0.05, 0) is 13.8 Å². The zero-order chi connectivity index (χ0) is 7.70. The molecule has 0 aliphatic carbocycles. The van der Waals surface area contributed by atoms with Crippen LogP contribution in [0.15, 0.2) is 0 Å². The van der Waals surface area contributed by atoms with Crippen molar-refractivity contribution in [3.05, 3.63) is 0 Å². The van der Waals surface area contributed by atoms with Gasteiger partial charge in [-0.2, -0.15) is 0 Å². The van der Waals surface area contributed by atoms with Crippen LogP contribution in [0, 0.1) is 0 Å². The van der Waals surface area contributed by atoms with Crippen LogP contribution in [0.25, 0.3) is 0 Å². The highest BCUT2D eigenvalue weighted by Gasteiger charge is 1.69. The van der Waals surface area contributed by atoms with E-state index >= 15 is 0 Å². The zero-order valence-corrected chi connectivity index (χ0v) is 8.35. The lowest BCUT2D eigenvalue weighted by atomic mass is 10.3. The first kappa shape index (κ1) is 22.4. The van der Waals surface area contributed by atoms with Crippen molar-refractivity contribution >= 4 is 0 Å². The molecule has 0 aromatic heterocycles. The van der Waals surface area contributed by atoms with Gasteiger partial charge in [0.1, 0.15) is 0 Å². The number of hydrogen-bond donors (Lipinski definition) is 2. The molecule has 0 radical (unpaired) electrons. The van der Waals surface area contributed by atoms with Crippen LogP contribution in [0.5, 0.6) is 0 Å². The van der Waals surface area contributed by atoms with Crippen molar-refractivity contribution in [2.75, 3.05) is 0 Å². The highest BCUT2D eigenvalue weighted by molar-refractivity contribution is 4.24. The number of aliphatic hydroxyl groups excluding tert-OH is 1.